The van der Waals surface area contributed by atoms with Crippen LogP contribution in [0.5, 0.6) is 5.75 Å². The van der Waals surface area contributed by atoms with Crippen LogP contribution in [0.3, 0.4) is 0 Å². The fourth-order valence-electron chi connectivity index (χ4n) is 3.37. The van der Waals surface area contributed by atoms with Crippen LogP contribution in [0.15, 0.2) is 48.5 Å². The van der Waals surface area contributed by atoms with Crippen molar-refractivity contribution in [3.8, 4) is 5.75 Å². The van der Waals surface area contributed by atoms with Gasteiger partial charge >= 0.3 is 0 Å². The number of hydrogen-bond acceptors (Lipinski definition) is 3. The smallest absolute Gasteiger partial charge is 0.123 e. The first-order valence-corrected chi connectivity index (χ1v) is 8.03. The van der Waals surface area contributed by atoms with Gasteiger partial charge in [-0.25, -0.2) is 4.39 Å². The largest absolute Gasteiger partial charge is 0.497 e. The summed E-state index contributed by atoms with van der Waals surface area (Å²) < 4.78 is 18.4. The molecule has 2 N–H and O–H groups in total. The monoisotopic (exact) mass is 314 g/mol. The standard InChI is InChI=1S/C19H23FN2O/c1-23-19-4-2-3-18(11-19)22-12-15(10-17(21)13-22)9-14-5-7-16(20)8-6-14/h2-8,11,15,17H,9-10,12-13,21H2,1H3. The second-order valence-corrected chi connectivity index (χ2v) is 6.30. The van der Waals surface area contributed by atoms with Crippen molar-refractivity contribution in [2.75, 3.05) is 25.1 Å². The lowest BCUT2D eigenvalue weighted by Gasteiger charge is -2.38. The minimum Gasteiger partial charge on any atom is -0.497 e. The molecule has 0 aliphatic carbocycles. The number of nitrogens with zero attached hydrogens (tertiary/aromatic N) is 1. The predicted octanol–water partition coefficient (Wildman–Crippen LogP) is 3.23. The van der Waals surface area contributed by atoms with E-state index in [0.717, 1.165) is 42.9 Å². The summed E-state index contributed by atoms with van der Waals surface area (Å²) in [5, 5.41) is 0. The van der Waals surface area contributed by atoms with E-state index in [9.17, 15) is 4.39 Å². The zero-order chi connectivity index (χ0) is 16.2. The van der Waals surface area contributed by atoms with Gasteiger partial charge in [-0.15, -0.1) is 0 Å². The van der Waals surface area contributed by atoms with E-state index in [1.807, 2.05) is 30.3 Å². The van der Waals surface area contributed by atoms with Gasteiger partial charge in [-0.3, -0.25) is 0 Å². The van der Waals surface area contributed by atoms with Crippen LogP contribution in [0, 0.1) is 11.7 Å². The molecule has 1 fully saturated rings. The van der Waals surface area contributed by atoms with Gasteiger partial charge in [0, 0.05) is 30.9 Å². The molecule has 1 aliphatic rings. The predicted molar refractivity (Wildman–Crippen MR) is 91.4 cm³/mol. The van der Waals surface area contributed by atoms with Gasteiger partial charge in [0.2, 0.25) is 0 Å². The van der Waals surface area contributed by atoms with Gasteiger partial charge in [-0.2, -0.15) is 0 Å². The van der Waals surface area contributed by atoms with Gasteiger partial charge in [0.1, 0.15) is 11.6 Å². The summed E-state index contributed by atoms with van der Waals surface area (Å²) in [6, 6.07) is 15.0. The molecule has 3 nitrogen and oxygen atoms in total. The molecule has 4 heteroatoms. The summed E-state index contributed by atoms with van der Waals surface area (Å²) in [6.07, 6.45) is 1.92. The molecule has 2 atom stereocenters. The molecule has 0 aromatic heterocycles. The zero-order valence-corrected chi connectivity index (χ0v) is 13.4. The topological polar surface area (TPSA) is 38.5 Å². The van der Waals surface area contributed by atoms with Gasteiger partial charge in [-0.1, -0.05) is 18.2 Å². The fourth-order valence-corrected chi connectivity index (χ4v) is 3.37. The summed E-state index contributed by atoms with van der Waals surface area (Å²) in [5.74, 6) is 1.14. The van der Waals surface area contributed by atoms with Crippen LogP contribution in [0.4, 0.5) is 10.1 Å². The summed E-state index contributed by atoms with van der Waals surface area (Å²) in [7, 11) is 1.68. The van der Waals surface area contributed by atoms with Crippen LogP contribution in [-0.4, -0.2) is 26.2 Å². The highest BCUT2D eigenvalue weighted by Gasteiger charge is 2.25. The molecule has 1 aliphatic heterocycles. The molecular weight excluding hydrogens is 291 g/mol. The van der Waals surface area contributed by atoms with Crippen molar-refractivity contribution >= 4 is 5.69 Å². The van der Waals surface area contributed by atoms with Crippen LogP contribution >= 0.6 is 0 Å². The van der Waals surface area contributed by atoms with Crippen LogP contribution in [0.2, 0.25) is 0 Å². The Bertz CT molecular complexity index is 644. The Morgan fingerprint density at radius 3 is 2.70 bits per heavy atom. The number of benzene rings is 2. The third kappa shape index (κ3) is 4.02. The van der Waals surface area contributed by atoms with Crippen molar-refractivity contribution in [2.45, 2.75) is 18.9 Å². The average Bonchev–Trinajstić information content (AvgIpc) is 2.56. The number of rotatable bonds is 4. The Hall–Kier alpha value is -2.07. The van der Waals surface area contributed by atoms with Crippen LogP contribution in [-0.2, 0) is 6.42 Å². The zero-order valence-electron chi connectivity index (χ0n) is 13.4. The van der Waals surface area contributed by atoms with E-state index >= 15 is 0 Å². The molecule has 0 amide bonds. The van der Waals surface area contributed by atoms with Crippen LogP contribution in [0.25, 0.3) is 0 Å². The SMILES string of the molecule is COc1cccc(N2CC(N)CC(Cc3ccc(F)cc3)C2)c1. The Kier molecular flexibility index (Phi) is 4.82. The number of methoxy groups -OCH3 is 1. The number of halogens is 1. The van der Waals surface area contributed by atoms with E-state index in [-0.39, 0.29) is 11.9 Å². The molecule has 0 spiro atoms. The van der Waals surface area contributed by atoms with Gasteiger partial charge in [0.15, 0.2) is 0 Å². The van der Waals surface area contributed by atoms with Crippen molar-refractivity contribution in [1.29, 1.82) is 0 Å². The van der Waals surface area contributed by atoms with Crippen molar-refractivity contribution in [2.24, 2.45) is 11.7 Å². The average molecular weight is 314 g/mol. The second kappa shape index (κ2) is 7.01. The molecule has 3 rings (SSSR count). The maximum Gasteiger partial charge on any atom is 0.123 e. The molecule has 0 saturated carbocycles. The minimum absolute atomic E-state index is 0.153. The lowest BCUT2D eigenvalue weighted by atomic mass is 9.89. The van der Waals surface area contributed by atoms with Crippen molar-refractivity contribution in [1.82, 2.24) is 0 Å². The van der Waals surface area contributed by atoms with E-state index in [1.165, 1.54) is 12.1 Å². The Morgan fingerprint density at radius 2 is 1.96 bits per heavy atom. The molecule has 2 aromatic carbocycles. The first kappa shape index (κ1) is 15.8. The van der Waals surface area contributed by atoms with Crippen molar-refractivity contribution < 1.29 is 9.13 Å². The highest BCUT2D eigenvalue weighted by molar-refractivity contribution is 5.51. The third-order valence-electron chi connectivity index (χ3n) is 4.43. The number of nitrogens with two attached hydrogens (primary N) is 1. The lowest BCUT2D eigenvalue weighted by molar-refractivity contribution is 0.373. The lowest BCUT2D eigenvalue weighted by Crippen LogP contribution is -2.47. The third-order valence-corrected chi connectivity index (χ3v) is 4.43. The van der Waals surface area contributed by atoms with Gasteiger partial charge in [0.25, 0.3) is 0 Å². The van der Waals surface area contributed by atoms with E-state index in [1.54, 1.807) is 7.11 Å². The summed E-state index contributed by atoms with van der Waals surface area (Å²) >= 11 is 0. The molecule has 23 heavy (non-hydrogen) atoms. The van der Waals surface area contributed by atoms with Gasteiger partial charge in [-0.05, 0) is 48.6 Å². The number of hydrogen-bond donors (Lipinski definition) is 1. The normalized spacial score (nSPS) is 21.3. The molecule has 0 radical (unpaired) electrons. The molecule has 122 valence electrons. The molecule has 2 unspecified atom stereocenters. The highest BCUT2D eigenvalue weighted by atomic mass is 19.1. The number of anilines is 1. The van der Waals surface area contributed by atoms with Crippen molar-refractivity contribution in [3.63, 3.8) is 0 Å². The highest BCUT2D eigenvalue weighted by Crippen LogP contribution is 2.27. The number of piperidine rings is 1. The minimum atomic E-state index is -0.188. The fraction of sp³-hybridized carbons (Fsp3) is 0.368. The van der Waals surface area contributed by atoms with E-state index < -0.39 is 0 Å². The number of ether oxygens (including phenoxy) is 1. The summed E-state index contributed by atoms with van der Waals surface area (Å²) in [6.45, 7) is 1.81. The first-order valence-electron chi connectivity index (χ1n) is 8.03. The summed E-state index contributed by atoms with van der Waals surface area (Å²) in [4.78, 5) is 2.32. The first-order chi connectivity index (χ1) is 11.1. The molecule has 2 aromatic rings. The van der Waals surface area contributed by atoms with Gasteiger partial charge < -0.3 is 15.4 Å². The summed E-state index contributed by atoms with van der Waals surface area (Å²) in [5.41, 5.74) is 8.57. The molecule has 0 bridgehead atoms. The van der Waals surface area contributed by atoms with E-state index in [2.05, 4.69) is 11.0 Å². The Labute approximate surface area is 136 Å². The van der Waals surface area contributed by atoms with Crippen LogP contribution < -0.4 is 15.4 Å². The maximum atomic E-state index is 13.0. The van der Waals surface area contributed by atoms with Crippen LogP contribution in [0.1, 0.15) is 12.0 Å². The molecule has 1 heterocycles. The molecular formula is C19H23FN2O. The van der Waals surface area contributed by atoms with E-state index in [4.69, 9.17) is 10.5 Å². The molecule has 1 saturated heterocycles. The maximum absolute atomic E-state index is 13.0. The quantitative estimate of drug-likeness (QED) is 0.941. The van der Waals surface area contributed by atoms with E-state index in [0.29, 0.717) is 5.92 Å². The second-order valence-electron chi connectivity index (χ2n) is 6.30. The van der Waals surface area contributed by atoms with Gasteiger partial charge in [0.05, 0.1) is 7.11 Å². The Morgan fingerprint density at radius 1 is 1.17 bits per heavy atom. The van der Waals surface area contributed by atoms with Crippen molar-refractivity contribution in [3.05, 3.63) is 59.9 Å². The Balaban J connectivity index is 1.72.